The van der Waals surface area contributed by atoms with Crippen molar-refractivity contribution in [1.82, 2.24) is 9.91 Å². The number of hydrazone groups is 1. The fourth-order valence-electron chi connectivity index (χ4n) is 3.78. The zero-order valence-electron chi connectivity index (χ0n) is 18.4. The van der Waals surface area contributed by atoms with Crippen LogP contribution in [0.25, 0.3) is 0 Å². The van der Waals surface area contributed by atoms with E-state index in [0.29, 0.717) is 31.1 Å². The summed E-state index contributed by atoms with van der Waals surface area (Å²) in [7, 11) is 1.58. The number of carbonyl (C=O) groups excluding carboxylic acids is 2. The zero-order chi connectivity index (χ0) is 22.7. The van der Waals surface area contributed by atoms with Gasteiger partial charge in [-0.1, -0.05) is 26.0 Å². The van der Waals surface area contributed by atoms with E-state index in [4.69, 9.17) is 14.2 Å². The molecule has 0 saturated carbocycles. The van der Waals surface area contributed by atoms with Crippen molar-refractivity contribution in [2.75, 3.05) is 33.6 Å². The molecular weight excluding hydrogens is 430 g/mol. The van der Waals surface area contributed by atoms with Crippen molar-refractivity contribution in [2.45, 2.75) is 26.3 Å². The van der Waals surface area contributed by atoms with Crippen LogP contribution in [0.15, 0.2) is 40.8 Å². The van der Waals surface area contributed by atoms with Gasteiger partial charge in [-0.2, -0.15) is 5.10 Å². The van der Waals surface area contributed by atoms with E-state index in [9.17, 15) is 9.59 Å². The molecule has 1 aromatic carbocycles. The Labute approximate surface area is 191 Å². The van der Waals surface area contributed by atoms with Crippen LogP contribution in [0, 0.1) is 5.92 Å². The van der Waals surface area contributed by atoms with Gasteiger partial charge in [0.05, 0.1) is 23.2 Å². The summed E-state index contributed by atoms with van der Waals surface area (Å²) in [5.74, 6) is 0.822. The summed E-state index contributed by atoms with van der Waals surface area (Å²) in [5, 5.41) is 8.19. The van der Waals surface area contributed by atoms with Crippen LogP contribution >= 0.6 is 11.3 Å². The molecule has 2 aromatic rings. The quantitative estimate of drug-likeness (QED) is 0.608. The maximum absolute atomic E-state index is 13.4. The Balaban J connectivity index is 1.60. The number of carbonyl (C=O) groups is 2. The number of benzene rings is 1. The zero-order valence-corrected chi connectivity index (χ0v) is 19.3. The molecule has 0 bridgehead atoms. The molecule has 0 aliphatic carbocycles. The van der Waals surface area contributed by atoms with Crippen LogP contribution in [0.4, 0.5) is 0 Å². The second-order valence-electron chi connectivity index (χ2n) is 8.00. The van der Waals surface area contributed by atoms with Crippen LogP contribution in [0.1, 0.15) is 36.8 Å². The first-order valence-electron chi connectivity index (χ1n) is 10.6. The molecule has 0 saturated heterocycles. The lowest BCUT2D eigenvalue weighted by molar-refractivity contribution is -0.143. The first-order chi connectivity index (χ1) is 15.5. The van der Waals surface area contributed by atoms with Crippen molar-refractivity contribution in [3.05, 3.63) is 46.2 Å². The fourth-order valence-corrected chi connectivity index (χ4v) is 4.50. The lowest BCUT2D eigenvalue weighted by atomic mass is 10.0. The van der Waals surface area contributed by atoms with Gasteiger partial charge in [0.1, 0.15) is 6.54 Å². The lowest BCUT2D eigenvalue weighted by Crippen LogP contribution is -2.44. The van der Waals surface area contributed by atoms with E-state index in [-0.39, 0.29) is 37.1 Å². The Kier molecular flexibility index (Phi) is 6.76. The summed E-state index contributed by atoms with van der Waals surface area (Å²) in [5.41, 5.74) is 1.77. The molecule has 0 fully saturated rings. The SMILES string of the molecule is COCCN(CC(=O)N1N=C(c2cccs2)C[C@H]1c1ccc2c(c1)OCO2)C(=O)C(C)C. The highest BCUT2D eigenvalue weighted by atomic mass is 32.1. The van der Waals surface area contributed by atoms with Crippen molar-refractivity contribution in [3.8, 4) is 11.5 Å². The van der Waals surface area contributed by atoms with Gasteiger partial charge in [0.2, 0.25) is 12.7 Å². The van der Waals surface area contributed by atoms with Gasteiger partial charge >= 0.3 is 0 Å². The standard InChI is InChI=1S/C23H27N3O5S/c1-15(2)23(28)25(8-9-29-3)13-22(27)26-18(12-17(24-26)21-5-4-10-32-21)16-6-7-19-20(11-16)31-14-30-19/h4-7,10-11,15,18H,8-9,12-14H2,1-3H3/t18-/m0/s1. The monoisotopic (exact) mass is 457 g/mol. The van der Waals surface area contributed by atoms with Crippen molar-refractivity contribution >= 4 is 28.9 Å². The summed E-state index contributed by atoms with van der Waals surface area (Å²) in [6, 6.07) is 9.39. The van der Waals surface area contributed by atoms with Gasteiger partial charge < -0.3 is 19.1 Å². The van der Waals surface area contributed by atoms with Crippen molar-refractivity contribution in [3.63, 3.8) is 0 Å². The third kappa shape index (κ3) is 4.63. The molecule has 9 heteroatoms. The summed E-state index contributed by atoms with van der Waals surface area (Å²) < 4.78 is 16.1. The van der Waals surface area contributed by atoms with Gasteiger partial charge in [-0.15, -0.1) is 11.3 Å². The molecule has 0 N–H and O–H groups in total. The topological polar surface area (TPSA) is 80.7 Å². The molecule has 4 rings (SSSR count). The van der Waals surface area contributed by atoms with Gasteiger partial charge in [0.25, 0.3) is 5.91 Å². The number of fused-ring (bicyclic) bond motifs is 1. The van der Waals surface area contributed by atoms with E-state index in [1.165, 1.54) is 5.01 Å². The lowest BCUT2D eigenvalue weighted by Gasteiger charge is -2.28. The molecule has 170 valence electrons. The second kappa shape index (κ2) is 9.70. The minimum absolute atomic E-state index is 0.0529. The highest BCUT2D eigenvalue weighted by molar-refractivity contribution is 7.12. The first-order valence-corrected chi connectivity index (χ1v) is 11.5. The molecule has 2 amide bonds. The van der Waals surface area contributed by atoms with Crippen molar-refractivity contribution in [1.29, 1.82) is 0 Å². The molecular formula is C23H27N3O5S. The van der Waals surface area contributed by atoms with Crippen LogP contribution in [0.2, 0.25) is 0 Å². The Morgan fingerprint density at radius 2 is 2.09 bits per heavy atom. The van der Waals surface area contributed by atoms with E-state index in [0.717, 1.165) is 16.2 Å². The number of hydrogen-bond donors (Lipinski definition) is 0. The Hall–Kier alpha value is -2.91. The molecule has 1 atom stereocenters. The average molecular weight is 458 g/mol. The highest BCUT2D eigenvalue weighted by Gasteiger charge is 2.35. The first kappa shape index (κ1) is 22.3. The van der Waals surface area contributed by atoms with Crippen LogP contribution in [0.3, 0.4) is 0 Å². The number of amides is 2. The third-order valence-corrected chi connectivity index (χ3v) is 6.37. The predicted octanol–water partition coefficient (Wildman–Crippen LogP) is 3.29. The largest absolute Gasteiger partial charge is 0.454 e. The number of hydrogen-bond acceptors (Lipinski definition) is 7. The molecule has 1 aromatic heterocycles. The van der Waals surface area contributed by atoms with Gasteiger partial charge in [0, 0.05) is 26.0 Å². The minimum atomic E-state index is -0.285. The Morgan fingerprint density at radius 3 is 2.81 bits per heavy atom. The van der Waals surface area contributed by atoms with Crippen LogP contribution in [-0.2, 0) is 14.3 Å². The fraction of sp³-hybridized carbons (Fsp3) is 0.435. The predicted molar refractivity (Wildman–Crippen MR) is 121 cm³/mol. The van der Waals surface area contributed by atoms with Crippen molar-refractivity contribution < 1.29 is 23.8 Å². The van der Waals surface area contributed by atoms with Gasteiger partial charge in [-0.05, 0) is 29.1 Å². The summed E-state index contributed by atoms with van der Waals surface area (Å²) >= 11 is 1.59. The van der Waals surface area contributed by atoms with Crippen LogP contribution in [0.5, 0.6) is 11.5 Å². The van der Waals surface area contributed by atoms with Gasteiger partial charge in [-0.25, -0.2) is 5.01 Å². The van der Waals surface area contributed by atoms with E-state index in [1.807, 2.05) is 49.6 Å². The molecule has 0 spiro atoms. The maximum Gasteiger partial charge on any atom is 0.262 e. The van der Waals surface area contributed by atoms with Crippen molar-refractivity contribution in [2.24, 2.45) is 11.0 Å². The summed E-state index contributed by atoms with van der Waals surface area (Å²) in [4.78, 5) is 28.7. The molecule has 32 heavy (non-hydrogen) atoms. The number of methoxy groups -OCH3 is 1. The van der Waals surface area contributed by atoms with Crippen LogP contribution in [-0.4, -0.2) is 61.0 Å². The normalized spacial score (nSPS) is 17.1. The van der Waals surface area contributed by atoms with E-state index in [1.54, 1.807) is 23.3 Å². The Bertz CT molecular complexity index is 1010. The number of thiophene rings is 1. The molecule has 8 nitrogen and oxygen atoms in total. The smallest absolute Gasteiger partial charge is 0.262 e. The highest BCUT2D eigenvalue weighted by Crippen LogP contribution is 2.39. The molecule has 0 unspecified atom stereocenters. The maximum atomic E-state index is 13.4. The van der Waals surface area contributed by atoms with Gasteiger partial charge in [-0.3, -0.25) is 9.59 Å². The summed E-state index contributed by atoms with van der Waals surface area (Å²) in [6.45, 7) is 4.50. The molecule has 2 aliphatic rings. The summed E-state index contributed by atoms with van der Waals surface area (Å²) in [6.07, 6.45) is 0.585. The molecule has 0 radical (unpaired) electrons. The minimum Gasteiger partial charge on any atom is -0.454 e. The van der Waals surface area contributed by atoms with Gasteiger partial charge in [0.15, 0.2) is 11.5 Å². The molecule has 2 aliphatic heterocycles. The second-order valence-corrected chi connectivity index (χ2v) is 8.95. The van der Waals surface area contributed by atoms with Crippen LogP contribution < -0.4 is 9.47 Å². The average Bonchev–Trinajstić information content (AvgIpc) is 3.54. The van der Waals surface area contributed by atoms with E-state index < -0.39 is 0 Å². The van der Waals surface area contributed by atoms with E-state index in [2.05, 4.69) is 5.10 Å². The number of ether oxygens (including phenoxy) is 3. The number of nitrogens with zero attached hydrogens (tertiary/aromatic N) is 3. The molecule has 3 heterocycles. The van der Waals surface area contributed by atoms with E-state index >= 15 is 0 Å². The third-order valence-electron chi connectivity index (χ3n) is 5.45. The Morgan fingerprint density at radius 1 is 1.28 bits per heavy atom. The number of rotatable bonds is 8.